The van der Waals surface area contributed by atoms with Crippen molar-refractivity contribution in [3.05, 3.63) is 78.0 Å². The molecular weight excluding hydrogens is 435 g/mol. The predicted molar refractivity (Wildman–Crippen MR) is 129 cm³/mol. The van der Waals surface area contributed by atoms with Gasteiger partial charge < -0.3 is 5.73 Å². The van der Waals surface area contributed by atoms with Gasteiger partial charge in [0.1, 0.15) is 16.3 Å². The van der Waals surface area contributed by atoms with E-state index < -0.39 is 10.1 Å². The van der Waals surface area contributed by atoms with Crippen molar-refractivity contribution in [1.29, 1.82) is 0 Å². The van der Waals surface area contributed by atoms with E-state index in [-0.39, 0.29) is 45.8 Å². The van der Waals surface area contributed by atoms with Crippen LogP contribution >= 0.6 is 0 Å². The van der Waals surface area contributed by atoms with Crippen molar-refractivity contribution in [2.75, 3.05) is 5.73 Å². The Morgan fingerprint density at radius 3 is 2.31 bits per heavy atom. The summed E-state index contributed by atoms with van der Waals surface area (Å²) >= 11 is 0. The number of fused-ring (bicyclic) bond motifs is 1. The quantitative estimate of drug-likeness (QED) is 0.191. The van der Waals surface area contributed by atoms with E-state index in [9.17, 15) is 13.0 Å². The van der Waals surface area contributed by atoms with E-state index in [0.29, 0.717) is 16.5 Å². The third kappa shape index (κ3) is 4.90. The van der Waals surface area contributed by atoms with Gasteiger partial charge in [0.2, 0.25) is 0 Å². The molecule has 0 radical (unpaired) electrons. The number of nitrogen functional groups attached to an aromatic ring is 1. The number of hydrogen-bond donors (Lipinski definition) is 2. The Hall–Kier alpha value is -2.62. The van der Waals surface area contributed by atoms with Crippen molar-refractivity contribution in [2.45, 2.75) is 18.7 Å². The summed E-state index contributed by atoms with van der Waals surface area (Å²) in [5, 5.41) is 9.05. The molecule has 0 aliphatic rings. The summed E-state index contributed by atoms with van der Waals surface area (Å²) in [6.45, 7) is 4.06. The van der Waals surface area contributed by atoms with Crippen molar-refractivity contribution in [3.63, 3.8) is 0 Å². The summed E-state index contributed by atoms with van der Waals surface area (Å²) in [5.74, 6) is 0. The number of nitrogens with two attached hydrogens (primary N) is 1. The number of aryl methyl sites for hydroxylation is 2. The van der Waals surface area contributed by atoms with Crippen molar-refractivity contribution in [1.82, 2.24) is 4.98 Å². The van der Waals surface area contributed by atoms with Crippen molar-refractivity contribution < 1.29 is 13.0 Å². The summed E-state index contributed by atoms with van der Waals surface area (Å²) in [4.78, 5) is 4.20. The van der Waals surface area contributed by atoms with Gasteiger partial charge in [0.05, 0.1) is 17.6 Å². The first-order valence-electron chi connectivity index (χ1n) is 9.48. The van der Waals surface area contributed by atoms with Gasteiger partial charge in [0.25, 0.3) is 10.1 Å². The van der Waals surface area contributed by atoms with Crippen LogP contribution in [-0.4, -0.2) is 47.5 Å². The van der Waals surface area contributed by atoms with Gasteiger partial charge in [0.15, 0.2) is 0 Å². The van der Waals surface area contributed by atoms with Crippen LogP contribution < -0.4 is 5.73 Å². The molecule has 1 heterocycles. The molecule has 3 N–H and O–H groups in total. The summed E-state index contributed by atoms with van der Waals surface area (Å²) in [5.41, 5.74) is 11.2. The fourth-order valence-electron chi connectivity index (χ4n) is 3.37. The molecule has 0 saturated carbocycles. The van der Waals surface area contributed by atoms with Crippen molar-refractivity contribution >= 4 is 67.5 Å². The second kappa shape index (κ2) is 9.48. The van der Waals surface area contributed by atoms with Gasteiger partial charge in [0, 0.05) is 16.3 Å². The molecule has 3 aromatic carbocycles. The molecule has 0 atom stereocenters. The molecule has 0 spiro atoms. The minimum atomic E-state index is -4.47. The first kappa shape index (κ1) is 24.0. The molecule has 0 bridgehead atoms. The van der Waals surface area contributed by atoms with E-state index in [1.165, 1.54) is 6.07 Å². The Kier molecular flexibility index (Phi) is 7.12. The topological polar surface area (TPSA) is 118 Å². The number of nitrogens with zero attached hydrogens (tertiary/aromatic N) is 3. The Morgan fingerprint density at radius 2 is 1.66 bits per heavy atom. The van der Waals surface area contributed by atoms with Crippen LogP contribution in [0.3, 0.4) is 0 Å². The van der Waals surface area contributed by atoms with Crippen molar-refractivity contribution in [2.24, 2.45) is 10.2 Å². The Morgan fingerprint density at radius 1 is 0.938 bits per heavy atom. The van der Waals surface area contributed by atoms with E-state index in [1.807, 2.05) is 19.9 Å². The summed E-state index contributed by atoms with van der Waals surface area (Å²) in [7, 11) is -4.47. The first-order valence-corrected chi connectivity index (χ1v) is 10.9. The maximum absolute atomic E-state index is 11.8. The zero-order valence-corrected chi connectivity index (χ0v) is 17.8. The monoisotopic (exact) mass is 456 g/mol. The fourth-order valence-corrected chi connectivity index (χ4v) is 4.09. The normalized spacial score (nSPS) is 11.6. The molecule has 9 heteroatoms. The van der Waals surface area contributed by atoms with E-state index in [0.717, 1.165) is 22.4 Å². The van der Waals surface area contributed by atoms with Gasteiger partial charge >= 0.3 is 29.6 Å². The molecule has 1 aromatic heterocycles. The van der Waals surface area contributed by atoms with Gasteiger partial charge in [-0.1, -0.05) is 42.0 Å². The van der Waals surface area contributed by atoms with Crippen molar-refractivity contribution in [3.8, 4) is 11.3 Å². The van der Waals surface area contributed by atoms with Gasteiger partial charge in [-0.15, -0.1) is 10.2 Å². The molecule has 4 aromatic rings. The zero-order valence-electron chi connectivity index (χ0n) is 16.9. The molecule has 0 unspecified atom stereocenters. The summed E-state index contributed by atoms with van der Waals surface area (Å²) in [6, 6.07) is 17.7. The molecule has 7 nitrogen and oxygen atoms in total. The number of anilines is 1. The molecule has 4 rings (SSSR count). The Balaban J connectivity index is 0.00000289. The van der Waals surface area contributed by atoms with E-state index >= 15 is 0 Å². The van der Waals surface area contributed by atoms with Crippen LogP contribution in [-0.2, 0) is 10.1 Å². The summed E-state index contributed by atoms with van der Waals surface area (Å²) in [6.07, 6.45) is 1.58. The summed E-state index contributed by atoms with van der Waals surface area (Å²) < 4.78 is 33.3. The van der Waals surface area contributed by atoms with Crippen LogP contribution in [0.15, 0.2) is 82.0 Å². The second-order valence-electron chi connectivity index (χ2n) is 7.25. The molecule has 0 saturated heterocycles. The molecule has 0 aliphatic heterocycles. The molecule has 0 amide bonds. The number of hydrogen-bond acceptors (Lipinski definition) is 6. The number of aromatic nitrogens is 1. The molecular formula is C23H21N4NaO3S. The van der Waals surface area contributed by atoms with Crippen LogP contribution in [0.25, 0.3) is 22.0 Å². The van der Waals surface area contributed by atoms with E-state index in [4.69, 9.17) is 5.73 Å². The van der Waals surface area contributed by atoms with Crippen LogP contribution in [0, 0.1) is 13.8 Å². The van der Waals surface area contributed by atoms with Gasteiger partial charge in [-0.25, -0.2) is 0 Å². The Bertz CT molecular complexity index is 1440. The number of rotatable bonds is 4. The third-order valence-electron chi connectivity index (χ3n) is 4.99. The molecule has 32 heavy (non-hydrogen) atoms. The van der Waals surface area contributed by atoms with Crippen LogP contribution in [0.4, 0.5) is 17.1 Å². The van der Waals surface area contributed by atoms with Gasteiger partial charge in [-0.2, -0.15) is 8.42 Å². The Labute approximate surface area is 208 Å². The molecule has 0 aliphatic carbocycles. The minimum absolute atomic E-state index is 0. The van der Waals surface area contributed by atoms with Crippen LogP contribution in [0.5, 0.6) is 0 Å². The van der Waals surface area contributed by atoms with E-state index in [2.05, 4.69) is 33.4 Å². The van der Waals surface area contributed by atoms with Crippen LogP contribution in [0.2, 0.25) is 0 Å². The number of azo groups is 1. The zero-order chi connectivity index (χ0) is 22.2. The number of benzene rings is 3. The standard InChI is InChI=1S/C23H20N4O3S.Na.H/c1-14-7-8-15(2)19(11-14)20-10-9-16(13-25-20)26-27-21-12-22(31(28,29)30)17-5-3-4-6-18(17)23(21)24;;/h3-13H,24H2,1-2H3,(H,28,29,30);;/b27-26+;;. The fraction of sp³-hybridized carbons (Fsp3) is 0.0870. The van der Waals surface area contributed by atoms with Gasteiger partial charge in [-0.05, 0) is 43.7 Å². The second-order valence-corrected chi connectivity index (χ2v) is 8.64. The van der Waals surface area contributed by atoms with Gasteiger partial charge in [-0.3, -0.25) is 9.54 Å². The molecule has 158 valence electrons. The van der Waals surface area contributed by atoms with Crippen LogP contribution in [0.1, 0.15) is 11.1 Å². The average molecular weight is 457 g/mol. The third-order valence-corrected chi connectivity index (χ3v) is 5.89. The SMILES string of the molecule is Cc1ccc(C)c(-c2ccc(/N=N/c3cc(S(=O)(=O)O)c4ccccc4c3N)cn2)c1.[NaH]. The average Bonchev–Trinajstić information content (AvgIpc) is 2.75. The first-order chi connectivity index (χ1) is 14.7. The van der Waals surface area contributed by atoms with E-state index in [1.54, 1.807) is 36.5 Å². The predicted octanol–water partition coefficient (Wildman–Crippen LogP) is 5.11. The maximum atomic E-state index is 11.8. The molecule has 0 fully saturated rings. The number of pyridine rings is 1.